The van der Waals surface area contributed by atoms with E-state index in [0.29, 0.717) is 37.4 Å². The number of hydrogen-bond acceptors (Lipinski definition) is 4. The maximum Gasteiger partial charge on any atom is 0.254 e. The van der Waals surface area contributed by atoms with Crippen molar-refractivity contribution in [1.29, 1.82) is 0 Å². The van der Waals surface area contributed by atoms with Gasteiger partial charge in [0.1, 0.15) is 0 Å². The normalized spacial score (nSPS) is 20.9. The number of carbonyl (C=O) groups is 2. The van der Waals surface area contributed by atoms with Gasteiger partial charge in [0, 0.05) is 49.7 Å². The molecule has 27 heavy (non-hydrogen) atoms. The van der Waals surface area contributed by atoms with Gasteiger partial charge in [-0.05, 0) is 36.8 Å². The first-order chi connectivity index (χ1) is 13.1. The third-order valence-corrected chi connectivity index (χ3v) is 5.42. The third-order valence-electron chi connectivity index (χ3n) is 5.42. The van der Waals surface area contributed by atoms with E-state index in [0.717, 1.165) is 18.7 Å². The quantitative estimate of drug-likeness (QED) is 0.844. The summed E-state index contributed by atoms with van der Waals surface area (Å²) in [6.07, 6.45) is 0.830. The lowest BCUT2D eigenvalue weighted by Gasteiger charge is -2.37. The van der Waals surface area contributed by atoms with Crippen LogP contribution in [0.15, 0.2) is 54.6 Å². The fourth-order valence-corrected chi connectivity index (χ4v) is 3.96. The molecular formula is C21H24N4O2. The summed E-state index contributed by atoms with van der Waals surface area (Å²) in [5.74, 6) is 0.169. The highest BCUT2D eigenvalue weighted by molar-refractivity contribution is 5.99. The van der Waals surface area contributed by atoms with E-state index in [1.807, 2.05) is 40.1 Å². The zero-order valence-corrected chi connectivity index (χ0v) is 15.3. The summed E-state index contributed by atoms with van der Waals surface area (Å²) in [5.41, 5.74) is 7.96. The topological polar surface area (TPSA) is 69.9 Å². The van der Waals surface area contributed by atoms with Gasteiger partial charge in [0.2, 0.25) is 5.91 Å². The number of amides is 2. The summed E-state index contributed by atoms with van der Waals surface area (Å²) in [7, 11) is 0. The van der Waals surface area contributed by atoms with Gasteiger partial charge in [-0.2, -0.15) is 0 Å². The van der Waals surface area contributed by atoms with Crippen molar-refractivity contribution >= 4 is 23.2 Å². The number of piperazine rings is 1. The molecule has 140 valence electrons. The lowest BCUT2D eigenvalue weighted by atomic mass is 10.1. The summed E-state index contributed by atoms with van der Waals surface area (Å²) in [5, 5.41) is 0. The van der Waals surface area contributed by atoms with Gasteiger partial charge in [-0.25, -0.2) is 0 Å². The predicted molar refractivity (Wildman–Crippen MR) is 106 cm³/mol. The van der Waals surface area contributed by atoms with E-state index in [1.165, 1.54) is 0 Å². The Kier molecular flexibility index (Phi) is 4.81. The molecule has 2 aliphatic heterocycles. The van der Waals surface area contributed by atoms with Crippen molar-refractivity contribution in [2.24, 2.45) is 0 Å². The average molecular weight is 364 g/mol. The molecule has 1 atom stereocenters. The van der Waals surface area contributed by atoms with Crippen molar-refractivity contribution < 1.29 is 9.59 Å². The second-order valence-electron chi connectivity index (χ2n) is 7.08. The lowest BCUT2D eigenvalue weighted by Crippen LogP contribution is -2.53. The van der Waals surface area contributed by atoms with Gasteiger partial charge >= 0.3 is 0 Å². The molecule has 1 unspecified atom stereocenters. The van der Waals surface area contributed by atoms with Gasteiger partial charge in [0.15, 0.2) is 0 Å². The number of nitrogen functional groups attached to an aromatic ring is 1. The standard InChI is InChI=1S/C21H24N4O2/c22-17-6-4-5-16(15-17)20(26)24-13-11-23(12-14-24)19-9-10-25(21(19)27)18-7-2-1-3-8-18/h1-8,15,19H,9-14,22H2. The molecule has 2 aromatic rings. The molecule has 0 aromatic heterocycles. The Morgan fingerprint density at radius 3 is 2.37 bits per heavy atom. The van der Waals surface area contributed by atoms with Gasteiger partial charge < -0.3 is 15.5 Å². The number of benzene rings is 2. The molecule has 2 aliphatic rings. The van der Waals surface area contributed by atoms with Gasteiger partial charge in [-0.1, -0.05) is 24.3 Å². The maximum absolute atomic E-state index is 12.9. The molecule has 6 nitrogen and oxygen atoms in total. The van der Waals surface area contributed by atoms with Crippen LogP contribution in [0.5, 0.6) is 0 Å². The van der Waals surface area contributed by atoms with Crippen LogP contribution >= 0.6 is 0 Å². The SMILES string of the molecule is Nc1cccc(C(=O)N2CCN(C3CCN(c4ccccc4)C3=O)CC2)c1. The van der Waals surface area contributed by atoms with E-state index in [4.69, 9.17) is 5.73 Å². The highest BCUT2D eigenvalue weighted by Crippen LogP contribution is 2.25. The molecule has 0 aliphatic carbocycles. The van der Waals surface area contributed by atoms with Crippen LogP contribution in [0.1, 0.15) is 16.8 Å². The highest BCUT2D eigenvalue weighted by atomic mass is 16.2. The second kappa shape index (κ2) is 7.40. The maximum atomic E-state index is 12.9. The molecule has 0 radical (unpaired) electrons. The average Bonchev–Trinajstić information content (AvgIpc) is 3.09. The fraction of sp³-hybridized carbons (Fsp3) is 0.333. The molecule has 2 fully saturated rings. The van der Waals surface area contributed by atoms with Crippen LogP contribution < -0.4 is 10.6 Å². The molecule has 4 rings (SSSR count). The van der Waals surface area contributed by atoms with Crippen molar-refractivity contribution in [3.05, 3.63) is 60.2 Å². The Hall–Kier alpha value is -2.86. The van der Waals surface area contributed by atoms with Crippen LogP contribution in [0, 0.1) is 0 Å². The Morgan fingerprint density at radius 2 is 1.67 bits per heavy atom. The molecule has 0 bridgehead atoms. The van der Waals surface area contributed by atoms with E-state index in [1.54, 1.807) is 24.3 Å². The Labute approximate surface area is 159 Å². The summed E-state index contributed by atoms with van der Waals surface area (Å²) in [6, 6.07) is 16.8. The molecule has 2 amide bonds. The molecule has 0 saturated carbocycles. The van der Waals surface area contributed by atoms with Gasteiger partial charge in [-0.3, -0.25) is 14.5 Å². The van der Waals surface area contributed by atoms with E-state index >= 15 is 0 Å². The van der Waals surface area contributed by atoms with Crippen LogP contribution in [0.3, 0.4) is 0 Å². The summed E-state index contributed by atoms with van der Waals surface area (Å²) in [4.78, 5) is 31.5. The van der Waals surface area contributed by atoms with E-state index in [2.05, 4.69) is 4.90 Å². The van der Waals surface area contributed by atoms with Crippen LogP contribution in [-0.4, -0.2) is 60.4 Å². The fourth-order valence-electron chi connectivity index (χ4n) is 3.96. The molecule has 2 N–H and O–H groups in total. The highest BCUT2D eigenvalue weighted by Gasteiger charge is 2.38. The molecule has 0 spiro atoms. The van der Waals surface area contributed by atoms with Crippen molar-refractivity contribution in [2.45, 2.75) is 12.5 Å². The number of nitrogens with zero attached hydrogens (tertiary/aromatic N) is 3. The van der Waals surface area contributed by atoms with Crippen LogP contribution in [-0.2, 0) is 4.79 Å². The van der Waals surface area contributed by atoms with E-state index in [9.17, 15) is 9.59 Å². The Bertz CT molecular complexity index is 831. The van der Waals surface area contributed by atoms with Gasteiger partial charge in [0.05, 0.1) is 6.04 Å². The van der Waals surface area contributed by atoms with Crippen molar-refractivity contribution in [1.82, 2.24) is 9.80 Å². The first-order valence-corrected chi connectivity index (χ1v) is 9.39. The number of rotatable bonds is 3. The largest absolute Gasteiger partial charge is 0.399 e. The molecule has 6 heteroatoms. The minimum absolute atomic E-state index is 0.00519. The van der Waals surface area contributed by atoms with E-state index in [-0.39, 0.29) is 17.9 Å². The van der Waals surface area contributed by atoms with Crippen molar-refractivity contribution in [3.63, 3.8) is 0 Å². The summed E-state index contributed by atoms with van der Waals surface area (Å²) >= 11 is 0. The van der Waals surface area contributed by atoms with Gasteiger partial charge in [-0.15, -0.1) is 0 Å². The number of carbonyl (C=O) groups excluding carboxylic acids is 2. The number of anilines is 2. The van der Waals surface area contributed by atoms with Gasteiger partial charge in [0.25, 0.3) is 5.91 Å². The van der Waals surface area contributed by atoms with Crippen molar-refractivity contribution in [3.8, 4) is 0 Å². The lowest BCUT2D eigenvalue weighted by molar-refractivity contribution is -0.122. The zero-order chi connectivity index (χ0) is 18.8. The smallest absolute Gasteiger partial charge is 0.254 e. The summed E-state index contributed by atoms with van der Waals surface area (Å²) < 4.78 is 0. The number of nitrogens with two attached hydrogens (primary N) is 1. The Balaban J connectivity index is 1.37. The van der Waals surface area contributed by atoms with Crippen LogP contribution in [0.25, 0.3) is 0 Å². The third kappa shape index (κ3) is 3.53. The van der Waals surface area contributed by atoms with Crippen molar-refractivity contribution in [2.75, 3.05) is 43.4 Å². The first kappa shape index (κ1) is 17.5. The predicted octanol–water partition coefficient (Wildman–Crippen LogP) is 1.83. The molecule has 2 aromatic carbocycles. The van der Waals surface area contributed by atoms with Crippen LogP contribution in [0.2, 0.25) is 0 Å². The zero-order valence-electron chi connectivity index (χ0n) is 15.3. The number of hydrogen-bond donors (Lipinski definition) is 1. The Morgan fingerprint density at radius 1 is 0.926 bits per heavy atom. The first-order valence-electron chi connectivity index (χ1n) is 9.39. The summed E-state index contributed by atoms with van der Waals surface area (Å²) in [6.45, 7) is 3.43. The molecule has 2 saturated heterocycles. The minimum atomic E-state index is -0.0881. The van der Waals surface area contributed by atoms with Crippen LogP contribution in [0.4, 0.5) is 11.4 Å². The second-order valence-corrected chi connectivity index (χ2v) is 7.08. The molecule has 2 heterocycles. The molecular weight excluding hydrogens is 340 g/mol. The van der Waals surface area contributed by atoms with E-state index < -0.39 is 0 Å². The monoisotopic (exact) mass is 364 g/mol. The minimum Gasteiger partial charge on any atom is -0.399 e. The number of para-hydroxylation sites is 1.